The summed E-state index contributed by atoms with van der Waals surface area (Å²) in [6.07, 6.45) is -3.30. The number of hydrogen-bond acceptors (Lipinski definition) is 3. The van der Waals surface area contributed by atoms with Gasteiger partial charge in [0.2, 0.25) is 0 Å². The normalized spacial score (nSPS) is 11.4. The van der Waals surface area contributed by atoms with Crippen molar-refractivity contribution in [2.45, 2.75) is 6.18 Å². The topological polar surface area (TPSA) is 42.4 Å². The van der Waals surface area contributed by atoms with Gasteiger partial charge in [0.05, 0.1) is 17.9 Å². The van der Waals surface area contributed by atoms with Crippen molar-refractivity contribution in [2.24, 2.45) is 0 Å². The Bertz CT molecular complexity index is 700. The number of carbonyl (C=O) groups excluding carboxylic acids is 1. The highest BCUT2D eigenvalue weighted by molar-refractivity contribution is 5.94. The first kappa shape index (κ1) is 17.9. The number of ether oxygens (including phenoxy) is 1. The standard InChI is InChI=1S/C17H17F3N2O2/c1-22(9-10-24-2)16(23)13-5-3-12(4-6-13)15-11-14(7-8-21-15)17(18,19)20/h3-8,11H,9-10H2,1-2H3. The van der Waals surface area contributed by atoms with Crippen molar-refractivity contribution in [2.75, 3.05) is 27.3 Å². The van der Waals surface area contributed by atoms with Crippen LogP contribution in [0.1, 0.15) is 15.9 Å². The molecule has 4 nitrogen and oxygen atoms in total. The average Bonchev–Trinajstić information content (AvgIpc) is 2.58. The number of rotatable bonds is 5. The van der Waals surface area contributed by atoms with Gasteiger partial charge in [-0.05, 0) is 24.3 Å². The van der Waals surface area contributed by atoms with Gasteiger partial charge in [-0.15, -0.1) is 0 Å². The third-order valence-corrected chi connectivity index (χ3v) is 3.49. The lowest BCUT2D eigenvalue weighted by atomic mass is 10.1. The van der Waals surface area contributed by atoms with E-state index >= 15 is 0 Å². The fourth-order valence-electron chi connectivity index (χ4n) is 2.10. The second kappa shape index (κ2) is 7.44. The second-order valence-electron chi connectivity index (χ2n) is 5.22. The Morgan fingerprint density at radius 1 is 1.21 bits per heavy atom. The minimum absolute atomic E-state index is 0.185. The number of amides is 1. The highest BCUT2D eigenvalue weighted by Gasteiger charge is 2.30. The van der Waals surface area contributed by atoms with E-state index in [2.05, 4.69) is 4.98 Å². The van der Waals surface area contributed by atoms with Crippen molar-refractivity contribution >= 4 is 5.91 Å². The number of halogens is 3. The molecule has 0 spiro atoms. The molecule has 0 saturated carbocycles. The minimum Gasteiger partial charge on any atom is -0.383 e. The lowest BCUT2D eigenvalue weighted by Crippen LogP contribution is -2.29. The third kappa shape index (κ3) is 4.32. The molecular formula is C17H17F3N2O2. The summed E-state index contributed by atoms with van der Waals surface area (Å²) in [5.41, 5.74) is 0.407. The predicted molar refractivity (Wildman–Crippen MR) is 83.5 cm³/mol. The largest absolute Gasteiger partial charge is 0.416 e. The summed E-state index contributed by atoms with van der Waals surface area (Å²) in [4.78, 5) is 17.7. The fraction of sp³-hybridized carbons (Fsp3) is 0.294. The van der Waals surface area contributed by atoms with E-state index in [4.69, 9.17) is 4.74 Å². The van der Waals surface area contributed by atoms with Crippen LogP contribution in [0.2, 0.25) is 0 Å². The van der Waals surface area contributed by atoms with Crippen LogP contribution in [-0.4, -0.2) is 43.1 Å². The van der Waals surface area contributed by atoms with E-state index in [0.29, 0.717) is 24.3 Å². The van der Waals surface area contributed by atoms with Crippen LogP contribution < -0.4 is 0 Å². The maximum Gasteiger partial charge on any atom is 0.416 e. The number of hydrogen-bond donors (Lipinski definition) is 0. The molecule has 0 saturated heterocycles. The van der Waals surface area contributed by atoms with Gasteiger partial charge >= 0.3 is 6.18 Å². The molecule has 0 aliphatic heterocycles. The average molecular weight is 338 g/mol. The Morgan fingerprint density at radius 3 is 2.46 bits per heavy atom. The molecule has 1 heterocycles. The van der Waals surface area contributed by atoms with Gasteiger partial charge in [-0.1, -0.05) is 12.1 Å². The molecule has 1 amide bonds. The van der Waals surface area contributed by atoms with Gasteiger partial charge in [0, 0.05) is 38.0 Å². The SMILES string of the molecule is COCCN(C)C(=O)c1ccc(-c2cc(C(F)(F)F)ccn2)cc1. The van der Waals surface area contributed by atoms with Gasteiger partial charge in [0.1, 0.15) is 0 Å². The first-order valence-corrected chi connectivity index (χ1v) is 7.21. The first-order valence-electron chi connectivity index (χ1n) is 7.21. The molecule has 0 aliphatic rings. The van der Waals surface area contributed by atoms with Crippen molar-refractivity contribution in [1.29, 1.82) is 0 Å². The predicted octanol–water partition coefficient (Wildman–Crippen LogP) is 3.49. The van der Waals surface area contributed by atoms with Gasteiger partial charge in [-0.25, -0.2) is 0 Å². The van der Waals surface area contributed by atoms with Gasteiger partial charge in [0.15, 0.2) is 0 Å². The number of carbonyl (C=O) groups is 1. The van der Waals surface area contributed by atoms with Gasteiger partial charge in [-0.2, -0.15) is 13.2 Å². The molecule has 24 heavy (non-hydrogen) atoms. The van der Waals surface area contributed by atoms with E-state index in [-0.39, 0.29) is 11.6 Å². The zero-order valence-electron chi connectivity index (χ0n) is 13.3. The van der Waals surface area contributed by atoms with Crippen molar-refractivity contribution in [1.82, 2.24) is 9.88 Å². The lowest BCUT2D eigenvalue weighted by Gasteiger charge is -2.16. The molecule has 0 unspecified atom stereocenters. The molecule has 1 aromatic heterocycles. The van der Waals surface area contributed by atoms with Crippen LogP contribution in [0.3, 0.4) is 0 Å². The van der Waals surface area contributed by atoms with E-state index in [1.54, 1.807) is 38.4 Å². The quantitative estimate of drug-likeness (QED) is 0.838. The van der Waals surface area contributed by atoms with Crippen LogP contribution in [0, 0.1) is 0 Å². The summed E-state index contributed by atoms with van der Waals surface area (Å²) in [6, 6.07) is 8.22. The highest BCUT2D eigenvalue weighted by atomic mass is 19.4. The van der Waals surface area contributed by atoms with Crippen LogP contribution in [0.4, 0.5) is 13.2 Å². The van der Waals surface area contributed by atoms with Crippen LogP contribution >= 0.6 is 0 Å². The smallest absolute Gasteiger partial charge is 0.383 e. The molecule has 0 radical (unpaired) electrons. The number of nitrogens with zero attached hydrogens (tertiary/aromatic N) is 2. The maximum absolute atomic E-state index is 12.8. The summed E-state index contributed by atoms with van der Waals surface area (Å²) in [7, 11) is 3.21. The Kier molecular flexibility index (Phi) is 5.56. The first-order chi connectivity index (χ1) is 11.3. The molecule has 128 valence electrons. The summed E-state index contributed by atoms with van der Waals surface area (Å²) in [5.74, 6) is -0.185. The van der Waals surface area contributed by atoms with E-state index in [1.807, 2.05) is 0 Å². The zero-order chi connectivity index (χ0) is 17.7. The van der Waals surface area contributed by atoms with E-state index in [0.717, 1.165) is 18.3 Å². The molecule has 2 rings (SSSR count). The van der Waals surface area contributed by atoms with Crippen molar-refractivity contribution < 1.29 is 22.7 Å². The number of likely N-dealkylation sites (N-methyl/N-ethyl adjacent to an activating group) is 1. The molecule has 2 aromatic rings. The van der Waals surface area contributed by atoms with E-state index in [1.165, 1.54) is 4.90 Å². The fourth-order valence-corrected chi connectivity index (χ4v) is 2.10. The Morgan fingerprint density at radius 2 is 1.88 bits per heavy atom. The van der Waals surface area contributed by atoms with Crippen molar-refractivity contribution in [3.63, 3.8) is 0 Å². The molecular weight excluding hydrogens is 321 g/mol. The number of aromatic nitrogens is 1. The summed E-state index contributed by atoms with van der Waals surface area (Å²) in [6.45, 7) is 0.876. The Labute approximate surface area is 137 Å². The second-order valence-corrected chi connectivity index (χ2v) is 5.22. The van der Waals surface area contributed by atoms with Crippen LogP contribution in [0.15, 0.2) is 42.6 Å². The molecule has 0 aliphatic carbocycles. The summed E-state index contributed by atoms with van der Waals surface area (Å²) in [5, 5.41) is 0. The summed E-state index contributed by atoms with van der Waals surface area (Å²) < 4.78 is 43.2. The van der Waals surface area contributed by atoms with Gasteiger partial charge in [0.25, 0.3) is 5.91 Å². The molecule has 0 atom stereocenters. The number of pyridine rings is 1. The Hall–Kier alpha value is -2.41. The molecule has 1 aromatic carbocycles. The van der Waals surface area contributed by atoms with E-state index < -0.39 is 11.7 Å². The monoisotopic (exact) mass is 338 g/mol. The minimum atomic E-state index is -4.42. The molecule has 0 N–H and O–H groups in total. The molecule has 0 bridgehead atoms. The van der Waals surface area contributed by atoms with Crippen molar-refractivity contribution in [3.05, 3.63) is 53.7 Å². The van der Waals surface area contributed by atoms with E-state index in [9.17, 15) is 18.0 Å². The molecule has 0 fully saturated rings. The number of benzene rings is 1. The third-order valence-electron chi connectivity index (χ3n) is 3.49. The highest BCUT2D eigenvalue weighted by Crippen LogP contribution is 2.31. The number of alkyl halides is 3. The number of methoxy groups -OCH3 is 1. The maximum atomic E-state index is 12.8. The zero-order valence-corrected chi connectivity index (χ0v) is 13.3. The van der Waals surface area contributed by atoms with Gasteiger partial charge in [-0.3, -0.25) is 9.78 Å². The van der Waals surface area contributed by atoms with Gasteiger partial charge < -0.3 is 9.64 Å². The van der Waals surface area contributed by atoms with Crippen molar-refractivity contribution in [3.8, 4) is 11.3 Å². The van der Waals surface area contributed by atoms with Crippen LogP contribution in [0.5, 0.6) is 0 Å². The summed E-state index contributed by atoms with van der Waals surface area (Å²) >= 11 is 0. The lowest BCUT2D eigenvalue weighted by molar-refractivity contribution is -0.137. The van der Waals surface area contributed by atoms with Crippen LogP contribution in [0.25, 0.3) is 11.3 Å². The van der Waals surface area contributed by atoms with Crippen LogP contribution in [-0.2, 0) is 10.9 Å². The molecule has 7 heteroatoms. The Balaban J connectivity index is 2.19.